The topological polar surface area (TPSA) is 50.8 Å². The van der Waals surface area contributed by atoms with Crippen molar-refractivity contribution in [1.82, 2.24) is 10.2 Å². The molecule has 0 aromatic carbocycles. The van der Waals surface area contributed by atoms with Gasteiger partial charge in [0.1, 0.15) is 5.60 Å². The third-order valence-corrected chi connectivity index (χ3v) is 2.76. The standard InChI is InChI=1S/C15H32N2O3/c1-7-17(14(18)20-15(3,4)5)10-8-9-16-11-13(2)12-19-6/h13,16H,7-12H2,1-6H3. The average molecular weight is 288 g/mol. The predicted molar refractivity (Wildman–Crippen MR) is 82.0 cm³/mol. The van der Waals surface area contributed by atoms with Crippen LogP contribution in [0.15, 0.2) is 0 Å². The van der Waals surface area contributed by atoms with E-state index in [4.69, 9.17) is 9.47 Å². The van der Waals surface area contributed by atoms with Crippen LogP contribution in [0.25, 0.3) is 0 Å². The zero-order valence-corrected chi connectivity index (χ0v) is 14.0. The maximum atomic E-state index is 11.9. The van der Waals surface area contributed by atoms with Gasteiger partial charge in [0.15, 0.2) is 0 Å². The zero-order chi connectivity index (χ0) is 15.6. The third-order valence-electron chi connectivity index (χ3n) is 2.76. The van der Waals surface area contributed by atoms with Crippen molar-refractivity contribution >= 4 is 6.09 Å². The maximum Gasteiger partial charge on any atom is 0.410 e. The summed E-state index contributed by atoms with van der Waals surface area (Å²) in [6.45, 7) is 13.8. The molecular formula is C15H32N2O3. The molecule has 1 N–H and O–H groups in total. The summed E-state index contributed by atoms with van der Waals surface area (Å²) in [5.74, 6) is 0.508. The summed E-state index contributed by atoms with van der Waals surface area (Å²) in [6.07, 6.45) is 0.694. The first-order valence-electron chi connectivity index (χ1n) is 7.47. The normalized spacial score (nSPS) is 13.1. The number of carbonyl (C=O) groups is 1. The molecular weight excluding hydrogens is 256 g/mol. The Morgan fingerprint density at radius 3 is 2.50 bits per heavy atom. The SMILES string of the molecule is CCN(CCCNCC(C)COC)C(=O)OC(C)(C)C. The number of rotatable bonds is 9. The van der Waals surface area contributed by atoms with E-state index < -0.39 is 5.60 Å². The fourth-order valence-electron chi connectivity index (χ4n) is 1.79. The Bertz CT molecular complexity index is 264. The second kappa shape index (κ2) is 10.00. The molecule has 0 fully saturated rings. The summed E-state index contributed by atoms with van der Waals surface area (Å²) in [7, 11) is 1.72. The Kier molecular flexibility index (Phi) is 9.59. The summed E-state index contributed by atoms with van der Waals surface area (Å²) in [6, 6.07) is 0. The van der Waals surface area contributed by atoms with Gasteiger partial charge in [0.2, 0.25) is 0 Å². The van der Waals surface area contributed by atoms with Gasteiger partial charge in [-0.2, -0.15) is 0 Å². The third kappa shape index (κ3) is 10.0. The van der Waals surface area contributed by atoms with E-state index in [0.29, 0.717) is 12.5 Å². The van der Waals surface area contributed by atoms with Gasteiger partial charge in [-0.25, -0.2) is 4.79 Å². The molecule has 0 saturated heterocycles. The van der Waals surface area contributed by atoms with Crippen LogP contribution in [0.1, 0.15) is 41.0 Å². The largest absolute Gasteiger partial charge is 0.444 e. The molecule has 0 saturated carbocycles. The fraction of sp³-hybridized carbons (Fsp3) is 0.933. The molecule has 5 nitrogen and oxygen atoms in total. The first-order valence-corrected chi connectivity index (χ1v) is 7.47. The van der Waals surface area contributed by atoms with E-state index >= 15 is 0 Å². The highest BCUT2D eigenvalue weighted by Crippen LogP contribution is 2.09. The number of hydrogen-bond acceptors (Lipinski definition) is 4. The molecule has 0 aliphatic carbocycles. The highest BCUT2D eigenvalue weighted by Gasteiger charge is 2.20. The number of ether oxygens (including phenoxy) is 2. The quantitative estimate of drug-likeness (QED) is 0.662. The van der Waals surface area contributed by atoms with Crippen LogP contribution in [0.4, 0.5) is 4.79 Å². The Morgan fingerprint density at radius 2 is 2.00 bits per heavy atom. The second-order valence-corrected chi connectivity index (χ2v) is 6.18. The molecule has 0 bridgehead atoms. The Labute approximate surface area is 124 Å². The second-order valence-electron chi connectivity index (χ2n) is 6.18. The van der Waals surface area contributed by atoms with Gasteiger partial charge in [-0.3, -0.25) is 0 Å². The molecule has 0 aliphatic rings. The van der Waals surface area contributed by atoms with Gasteiger partial charge in [-0.05, 0) is 53.1 Å². The molecule has 5 heteroatoms. The lowest BCUT2D eigenvalue weighted by molar-refractivity contribution is 0.0258. The minimum absolute atomic E-state index is 0.229. The minimum Gasteiger partial charge on any atom is -0.444 e. The van der Waals surface area contributed by atoms with Crippen molar-refractivity contribution < 1.29 is 14.3 Å². The van der Waals surface area contributed by atoms with Crippen LogP contribution in [0.5, 0.6) is 0 Å². The van der Waals surface area contributed by atoms with Crippen molar-refractivity contribution in [1.29, 1.82) is 0 Å². The van der Waals surface area contributed by atoms with Gasteiger partial charge in [-0.15, -0.1) is 0 Å². The number of nitrogens with one attached hydrogen (secondary N) is 1. The van der Waals surface area contributed by atoms with E-state index in [1.807, 2.05) is 27.7 Å². The Morgan fingerprint density at radius 1 is 1.35 bits per heavy atom. The summed E-state index contributed by atoms with van der Waals surface area (Å²) < 4.78 is 10.5. The van der Waals surface area contributed by atoms with Gasteiger partial charge >= 0.3 is 6.09 Å². The molecule has 0 rings (SSSR count). The van der Waals surface area contributed by atoms with E-state index in [1.165, 1.54) is 0 Å². The van der Waals surface area contributed by atoms with Gasteiger partial charge in [0.05, 0.1) is 0 Å². The lowest BCUT2D eigenvalue weighted by Crippen LogP contribution is -2.38. The first-order chi connectivity index (χ1) is 9.30. The van der Waals surface area contributed by atoms with Crippen molar-refractivity contribution in [3.05, 3.63) is 0 Å². The van der Waals surface area contributed by atoms with Crippen molar-refractivity contribution in [3.8, 4) is 0 Å². The van der Waals surface area contributed by atoms with Gasteiger partial charge in [0, 0.05) is 26.8 Å². The molecule has 0 aromatic rings. The van der Waals surface area contributed by atoms with Crippen LogP contribution in [0.2, 0.25) is 0 Å². The maximum absolute atomic E-state index is 11.9. The molecule has 1 amide bonds. The molecule has 0 spiro atoms. The zero-order valence-electron chi connectivity index (χ0n) is 14.0. The van der Waals surface area contributed by atoms with E-state index in [9.17, 15) is 4.79 Å². The number of nitrogens with zero attached hydrogens (tertiary/aromatic N) is 1. The number of hydrogen-bond donors (Lipinski definition) is 1. The molecule has 120 valence electrons. The smallest absolute Gasteiger partial charge is 0.410 e. The van der Waals surface area contributed by atoms with Crippen LogP contribution < -0.4 is 5.32 Å². The van der Waals surface area contributed by atoms with Crippen molar-refractivity contribution in [2.45, 2.75) is 46.6 Å². The van der Waals surface area contributed by atoms with Gasteiger partial charge < -0.3 is 19.7 Å². The molecule has 1 unspecified atom stereocenters. The number of carbonyl (C=O) groups excluding carboxylic acids is 1. The van der Waals surface area contributed by atoms with Crippen molar-refractivity contribution in [2.75, 3.05) is 39.9 Å². The molecule has 20 heavy (non-hydrogen) atoms. The van der Waals surface area contributed by atoms with Crippen LogP contribution >= 0.6 is 0 Å². The summed E-state index contributed by atoms with van der Waals surface area (Å²) in [5, 5.41) is 3.38. The number of amides is 1. The van der Waals surface area contributed by atoms with E-state index in [-0.39, 0.29) is 6.09 Å². The number of methoxy groups -OCH3 is 1. The lowest BCUT2D eigenvalue weighted by Gasteiger charge is -2.26. The van der Waals surface area contributed by atoms with E-state index in [1.54, 1.807) is 12.0 Å². The van der Waals surface area contributed by atoms with E-state index in [0.717, 1.165) is 32.7 Å². The molecule has 1 atom stereocenters. The minimum atomic E-state index is -0.432. The average Bonchev–Trinajstić information content (AvgIpc) is 2.31. The fourth-order valence-corrected chi connectivity index (χ4v) is 1.79. The van der Waals surface area contributed by atoms with Crippen molar-refractivity contribution in [3.63, 3.8) is 0 Å². The summed E-state index contributed by atoms with van der Waals surface area (Å²) in [4.78, 5) is 13.7. The van der Waals surface area contributed by atoms with Gasteiger partial charge in [-0.1, -0.05) is 6.92 Å². The lowest BCUT2D eigenvalue weighted by atomic mass is 10.2. The van der Waals surface area contributed by atoms with E-state index in [2.05, 4.69) is 12.2 Å². The summed E-state index contributed by atoms with van der Waals surface area (Å²) in [5.41, 5.74) is -0.432. The molecule has 0 aromatic heterocycles. The van der Waals surface area contributed by atoms with Crippen molar-refractivity contribution in [2.24, 2.45) is 5.92 Å². The summed E-state index contributed by atoms with van der Waals surface area (Å²) >= 11 is 0. The molecule has 0 radical (unpaired) electrons. The molecule has 0 heterocycles. The van der Waals surface area contributed by atoms with Crippen LogP contribution in [0, 0.1) is 5.92 Å². The van der Waals surface area contributed by atoms with Crippen LogP contribution in [0.3, 0.4) is 0 Å². The highest BCUT2D eigenvalue weighted by atomic mass is 16.6. The monoisotopic (exact) mass is 288 g/mol. The first kappa shape index (κ1) is 19.2. The van der Waals surface area contributed by atoms with Gasteiger partial charge in [0.25, 0.3) is 0 Å². The van der Waals surface area contributed by atoms with Crippen LogP contribution in [-0.4, -0.2) is 56.5 Å². The Hall–Kier alpha value is -0.810. The Balaban J connectivity index is 3.82. The predicted octanol–water partition coefficient (Wildman–Crippen LogP) is 2.51. The molecule has 0 aliphatic heterocycles. The highest BCUT2D eigenvalue weighted by molar-refractivity contribution is 5.68. The van der Waals surface area contributed by atoms with Crippen LogP contribution in [-0.2, 0) is 9.47 Å².